The molecule has 5 heteroatoms. The molecule has 0 N–H and O–H groups in total. The number of carbonyl (C=O) groups is 1. The number of carboxylic acid groups (broad SMARTS) is 1. The number of aliphatic carboxylic acids is 1. The van der Waals surface area contributed by atoms with Gasteiger partial charge in [0.2, 0.25) is 6.33 Å². The van der Waals surface area contributed by atoms with Gasteiger partial charge >= 0.3 is 0 Å². The zero-order valence-electron chi connectivity index (χ0n) is 10.3. The molecule has 1 rings (SSSR count). The summed E-state index contributed by atoms with van der Waals surface area (Å²) in [6.07, 6.45) is 9.24. The van der Waals surface area contributed by atoms with Crippen LogP contribution in [0.2, 0.25) is 0 Å². The normalized spacial score (nSPS) is 10.6. The summed E-state index contributed by atoms with van der Waals surface area (Å²) in [6.45, 7) is 1.05. The van der Waals surface area contributed by atoms with E-state index in [4.69, 9.17) is 0 Å². The molecule has 1 aromatic heterocycles. The van der Waals surface area contributed by atoms with Crippen LogP contribution in [0.5, 0.6) is 0 Å². The molecule has 0 bridgehead atoms. The van der Waals surface area contributed by atoms with E-state index in [1.165, 1.54) is 0 Å². The predicted molar refractivity (Wildman–Crippen MR) is 66.4 cm³/mol. The Morgan fingerprint density at radius 3 is 2.76 bits per heavy atom. The Kier molecular flexibility index (Phi) is 6.77. The number of aromatic nitrogens is 2. The van der Waals surface area contributed by atoms with Gasteiger partial charge in [0.1, 0.15) is 12.4 Å². The van der Waals surface area contributed by atoms with Gasteiger partial charge in [-0.2, -0.15) is 11.8 Å². The van der Waals surface area contributed by atoms with Gasteiger partial charge in [0.15, 0.2) is 0 Å². The Hall–Kier alpha value is -0.970. The number of carboxylic acids is 1. The van der Waals surface area contributed by atoms with E-state index in [9.17, 15) is 9.90 Å². The third-order valence-electron chi connectivity index (χ3n) is 2.45. The van der Waals surface area contributed by atoms with Crippen molar-refractivity contribution in [1.82, 2.24) is 4.57 Å². The second kappa shape index (κ2) is 8.17. The Labute approximate surface area is 107 Å². The first-order chi connectivity index (χ1) is 8.18. The fourth-order valence-electron chi connectivity index (χ4n) is 1.56. The summed E-state index contributed by atoms with van der Waals surface area (Å²) in [5.41, 5.74) is 0. The van der Waals surface area contributed by atoms with Crippen molar-refractivity contribution in [3.8, 4) is 0 Å². The molecule has 0 aliphatic heterocycles. The molecule has 0 atom stereocenters. The molecule has 1 heterocycles. The number of aryl methyl sites for hydroxylation is 2. The molecular weight excluding hydrogens is 236 g/mol. The molecule has 0 aliphatic carbocycles. The summed E-state index contributed by atoms with van der Waals surface area (Å²) in [5.74, 6) is 1.25. The zero-order chi connectivity index (χ0) is 12.5. The summed E-state index contributed by atoms with van der Waals surface area (Å²) in [5, 5.41) is 10.2. The number of hydrogen-bond donors (Lipinski definition) is 0. The predicted octanol–water partition coefficient (Wildman–Crippen LogP) is 0.356. The van der Waals surface area contributed by atoms with E-state index in [1.807, 2.05) is 29.6 Å². The maximum atomic E-state index is 10.2. The van der Waals surface area contributed by atoms with Crippen LogP contribution in [0.25, 0.3) is 0 Å². The van der Waals surface area contributed by atoms with Crippen LogP contribution in [0.15, 0.2) is 18.7 Å². The van der Waals surface area contributed by atoms with Crippen molar-refractivity contribution in [1.29, 1.82) is 0 Å². The summed E-state index contributed by atoms with van der Waals surface area (Å²) >= 11 is 1.90. The van der Waals surface area contributed by atoms with Crippen molar-refractivity contribution >= 4 is 17.7 Å². The van der Waals surface area contributed by atoms with Crippen LogP contribution in [-0.4, -0.2) is 22.0 Å². The SMILES string of the molecule is C[n+]1ccn(CCCSCCCCC(=O)[O-])c1. The largest absolute Gasteiger partial charge is 0.550 e. The molecule has 0 saturated heterocycles. The first-order valence-electron chi connectivity index (χ1n) is 5.97. The number of rotatable bonds is 9. The Balaban J connectivity index is 1.89. The number of imidazole rings is 1. The molecule has 0 saturated carbocycles. The van der Waals surface area contributed by atoms with E-state index in [0.29, 0.717) is 0 Å². The van der Waals surface area contributed by atoms with Gasteiger partial charge in [-0.05, 0) is 37.2 Å². The van der Waals surface area contributed by atoms with Crippen LogP contribution in [0.1, 0.15) is 25.7 Å². The van der Waals surface area contributed by atoms with Crippen molar-refractivity contribution in [3.63, 3.8) is 0 Å². The number of thioether (sulfide) groups is 1. The van der Waals surface area contributed by atoms with Crippen molar-refractivity contribution < 1.29 is 14.5 Å². The van der Waals surface area contributed by atoms with Gasteiger partial charge in [-0.25, -0.2) is 9.13 Å². The minimum atomic E-state index is -0.935. The van der Waals surface area contributed by atoms with Crippen molar-refractivity contribution in [2.24, 2.45) is 7.05 Å². The maximum Gasteiger partial charge on any atom is 0.243 e. The lowest BCUT2D eigenvalue weighted by Crippen LogP contribution is -2.23. The second-order valence-corrected chi connectivity index (χ2v) is 5.34. The molecule has 0 amide bonds. The standard InChI is InChI=1S/C12H20N2O2S/c1-13-7-8-14(11-13)6-4-10-17-9-3-2-5-12(15)16/h7-8,11H,2-6,9-10H2,1H3. The summed E-state index contributed by atoms with van der Waals surface area (Å²) in [7, 11) is 2.02. The molecule has 0 spiro atoms. The topological polar surface area (TPSA) is 48.9 Å². The average molecular weight is 256 g/mol. The smallest absolute Gasteiger partial charge is 0.243 e. The summed E-state index contributed by atoms with van der Waals surface area (Å²) in [6, 6.07) is 0. The van der Waals surface area contributed by atoms with E-state index in [0.717, 1.165) is 37.3 Å². The molecular formula is C12H20N2O2S. The van der Waals surface area contributed by atoms with Crippen molar-refractivity contribution in [2.45, 2.75) is 32.2 Å². The molecule has 0 aromatic carbocycles. The van der Waals surface area contributed by atoms with Gasteiger partial charge in [-0.1, -0.05) is 0 Å². The number of carbonyl (C=O) groups excluding carboxylic acids is 1. The number of nitrogens with zero attached hydrogens (tertiary/aromatic N) is 2. The highest BCUT2D eigenvalue weighted by Crippen LogP contribution is 2.08. The van der Waals surface area contributed by atoms with E-state index >= 15 is 0 Å². The Morgan fingerprint density at radius 2 is 2.12 bits per heavy atom. The van der Waals surface area contributed by atoms with Crippen LogP contribution in [-0.2, 0) is 18.4 Å². The highest BCUT2D eigenvalue weighted by Gasteiger charge is 1.99. The van der Waals surface area contributed by atoms with E-state index in [1.54, 1.807) is 0 Å². The molecule has 0 unspecified atom stereocenters. The minimum Gasteiger partial charge on any atom is -0.550 e. The van der Waals surface area contributed by atoms with E-state index < -0.39 is 5.97 Å². The summed E-state index contributed by atoms with van der Waals surface area (Å²) in [4.78, 5) is 10.2. The molecule has 96 valence electrons. The fourth-order valence-corrected chi connectivity index (χ4v) is 2.50. The third kappa shape index (κ3) is 7.05. The first-order valence-corrected chi connectivity index (χ1v) is 7.12. The van der Waals surface area contributed by atoms with E-state index in [2.05, 4.69) is 17.1 Å². The zero-order valence-corrected chi connectivity index (χ0v) is 11.1. The van der Waals surface area contributed by atoms with Gasteiger partial charge in [-0.15, -0.1) is 0 Å². The number of hydrogen-bond acceptors (Lipinski definition) is 3. The highest BCUT2D eigenvalue weighted by molar-refractivity contribution is 7.99. The Morgan fingerprint density at radius 1 is 1.35 bits per heavy atom. The first kappa shape index (κ1) is 14.1. The average Bonchev–Trinajstić information content (AvgIpc) is 2.68. The molecule has 4 nitrogen and oxygen atoms in total. The van der Waals surface area contributed by atoms with Crippen LogP contribution < -0.4 is 9.67 Å². The van der Waals surface area contributed by atoms with Crippen LogP contribution >= 0.6 is 11.8 Å². The molecule has 0 aliphatic rings. The minimum absolute atomic E-state index is 0.195. The lowest BCUT2D eigenvalue weighted by molar-refractivity contribution is -0.671. The fraction of sp³-hybridized carbons (Fsp3) is 0.667. The van der Waals surface area contributed by atoms with Gasteiger partial charge in [0.25, 0.3) is 0 Å². The van der Waals surface area contributed by atoms with E-state index in [-0.39, 0.29) is 6.42 Å². The lowest BCUT2D eigenvalue weighted by atomic mass is 10.3. The molecule has 1 aromatic rings. The Bertz CT molecular complexity index is 339. The van der Waals surface area contributed by atoms with Crippen LogP contribution in [0.3, 0.4) is 0 Å². The van der Waals surface area contributed by atoms with Gasteiger partial charge in [-0.3, -0.25) is 0 Å². The maximum absolute atomic E-state index is 10.2. The monoisotopic (exact) mass is 256 g/mol. The second-order valence-electron chi connectivity index (χ2n) is 4.11. The number of unbranched alkanes of at least 4 members (excludes halogenated alkanes) is 1. The third-order valence-corrected chi connectivity index (χ3v) is 3.60. The van der Waals surface area contributed by atoms with Crippen LogP contribution in [0.4, 0.5) is 0 Å². The lowest BCUT2D eigenvalue weighted by Gasteiger charge is -2.02. The molecule has 0 radical (unpaired) electrons. The van der Waals surface area contributed by atoms with Crippen molar-refractivity contribution in [3.05, 3.63) is 18.7 Å². The van der Waals surface area contributed by atoms with Crippen molar-refractivity contribution in [2.75, 3.05) is 11.5 Å². The van der Waals surface area contributed by atoms with Crippen LogP contribution in [0, 0.1) is 0 Å². The highest BCUT2D eigenvalue weighted by atomic mass is 32.2. The quantitative estimate of drug-likeness (QED) is 0.473. The molecule has 0 fully saturated rings. The van der Waals surface area contributed by atoms with Gasteiger partial charge < -0.3 is 9.90 Å². The van der Waals surface area contributed by atoms with Gasteiger partial charge in [0.05, 0.1) is 13.6 Å². The summed E-state index contributed by atoms with van der Waals surface area (Å²) < 4.78 is 4.21. The molecule has 17 heavy (non-hydrogen) atoms. The van der Waals surface area contributed by atoms with Gasteiger partial charge in [0, 0.05) is 5.97 Å².